The molecule has 2 heterocycles. The third-order valence-electron chi connectivity index (χ3n) is 3.56. The molecule has 1 aromatic heterocycles. The molecule has 1 aliphatic heterocycles. The van der Waals surface area contributed by atoms with Crippen molar-refractivity contribution >= 4 is 17.8 Å². The zero-order chi connectivity index (χ0) is 14.0. The molecule has 1 aliphatic rings. The first-order valence-electron chi connectivity index (χ1n) is 6.55. The van der Waals surface area contributed by atoms with Crippen LogP contribution in [-0.2, 0) is 0 Å². The fourth-order valence-electron chi connectivity index (χ4n) is 2.33. The first-order chi connectivity index (χ1) is 9.06. The lowest BCUT2D eigenvalue weighted by Crippen LogP contribution is -2.36. The molecule has 0 radical (unpaired) electrons. The Balaban J connectivity index is 2.35. The third-order valence-corrected chi connectivity index (χ3v) is 3.56. The maximum absolute atomic E-state index is 9.53. The SMILES string of the molecule is CNc1nc(N(C)C)nc(N2CCC(C)C2CO)n1. The smallest absolute Gasteiger partial charge is 0.232 e. The van der Waals surface area contributed by atoms with Crippen LogP contribution < -0.4 is 15.1 Å². The van der Waals surface area contributed by atoms with E-state index in [0.717, 1.165) is 13.0 Å². The molecule has 0 aromatic carbocycles. The predicted molar refractivity (Wildman–Crippen MR) is 75.7 cm³/mol. The zero-order valence-corrected chi connectivity index (χ0v) is 12.0. The number of nitrogens with one attached hydrogen (secondary N) is 1. The van der Waals surface area contributed by atoms with E-state index in [9.17, 15) is 5.11 Å². The van der Waals surface area contributed by atoms with E-state index in [4.69, 9.17) is 0 Å². The predicted octanol–water partition coefficient (Wildman–Crippen LogP) is 0.186. The molecule has 2 atom stereocenters. The molecule has 0 spiro atoms. The van der Waals surface area contributed by atoms with Crippen molar-refractivity contribution in [2.75, 3.05) is 49.4 Å². The van der Waals surface area contributed by atoms with Gasteiger partial charge >= 0.3 is 0 Å². The quantitative estimate of drug-likeness (QED) is 0.805. The summed E-state index contributed by atoms with van der Waals surface area (Å²) < 4.78 is 0. The Morgan fingerprint density at radius 2 is 2.11 bits per heavy atom. The molecule has 1 saturated heterocycles. The summed E-state index contributed by atoms with van der Waals surface area (Å²) in [5.41, 5.74) is 0. The second-order valence-corrected chi connectivity index (χ2v) is 5.11. The molecule has 7 heteroatoms. The van der Waals surface area contributed by atoms with Gasteiger partial charge in [0.05, 0.1) is 12.6 Å². The van der Waals surface area contributed by atoms with Crippen LogP contribution in [0.25, 0.3) is 0 Å². The lowest BCUT2D eigenvalue weighted by molar-refractivity contribution is 0.244. The van der Waals surface area contributed by atoms with Crippen molar-refractivity contribution in [1.29, 1.82) is 0 Å². The van der Waals surface area contributed by atoms with Gasteiger partial charge in [-0.15, -0.1) is 0 Å². The van der Waals surface area contributed by atoms with Crippen LogP contribution in [0, 0.1) is 5.92 Å². The summed E-state index contributed by atoms with van der Waals surface area (Å²) in [4.78, 5) is 17.1. The van der Waals surface area contributed by atoms with E-state index >= 15 is 0 Å². The summed E-state index contributed by atoms with van der Waals surface area (Å²) >= 11 is 0. The molecule has 2 rings (SSSR count). The molecule has 106 valence electrons. The van der Waals surface area contributed by atoms with Gasteiger partial charge < -0.3 is 20.2 Å². The molecule has 1 aromatic rings. The number of aliphatic hydroxyl groups is 1. The van der Waals surface area contributed by atoms with Gasteiger partial charge in [-0.3, -0.25) is 0 Å². The van der Waals surface area contributed by atoms with E-state index in [0.29, 0.717) is 23.8 Å². The highest BCUT2D eigenvalue weighted by Gasteiger charge is 2.32. The minimum atomic E-state index is 0.0853. The van der Waals surface area contributed by atoms with Gasteiger partial charge in [0, 0.05) is 27.7 Å². The average Bonchev–Trinajstić information content (AvgIpc) is 2.79. The molecule has 0 aliphatic carbocycles. The minimum Gasteiger partial charge on any atom is -0.394 e. The summed E-state index contributed by atoms with van der Waals surface area (Å²) in [6.45, 7) is 3.14. The number of rotatable bonds is 4. The van der Waals surface area contributed by atoms with Gasteiger partial charge in [-0.2, -0.15) is 15.0 Å². The van der Waals surface area contributed by atoms with Gasteiger partial charge in [-0.05, 0) is 12.3 Å². The van der Waals surface area contributed by atoms with E-state index in [1.807, 2.05) is 19.0 Å². The molecule has 0 saturated carbocycles. The van der Waals surface area contributed by atoms with Crippen molar-refractivity contribution in [3.8, 4) is 0 Å². The molecular weight excluding hydrogens is 244 g/mol. The lowest BCUT2D eigenvalue weighted by atomic mass is 10.0. The van der Waals surface area contributed by atoms with Crippen LogP contribution in [0.15, 0.2) is 0 Å². The van der Waals surface area contributed by atoms with Gasteiger partial charge in [0.15, 0.2) is 0 Å². The van der Waals surface area contributed by atoms with Crippen molar-refractivity contribution in [2.24, 2.45) is 5.92 Å². The first kappa shape index (κ1) is 13.8. The van der Waals surface area contributed by atoms with Crippen molar-refractivity contribution in [1.82, 2.24) is 15.0 Å². The fourth-order valence-corrected chi connectivity index (χ4v) is 2.33. The van der Waals surface area contributed by atoms with Crippen LogP contribution in [0.3, 0.4) is 0 Å². The topological polar surface area (TPSA) is 77.4 Å². The number of hydrogen-bond donors (Lipinski definition) is 2. The van der Waals surface area contributed by atoms with E-state index in [1.165, 1.54) is 0 Å². The van der Waals surface area contributed by atoms with Gasteiger partial charge in [0.1, 0.15) is 0 Å². The van der Waals surface area contributed by atoms with Gasteiger partial charge in [-0.25, -0.2) is 0 Å². The summed E-state index contributed by atoms with van der Waals surface area (Å²) in [7, 11) is 5.58. The standard InChI is InChI=1S/C12H22N6O/c1-8-5-6-18(9(8)7-19)12-15-10(13-2)14-11(16-12)17(3)4/h8-9,19H,5-7H2,1-4H3,(H,13,14,15,16). The Hall–Kier alpha value is -1.63. The average molecular weight is 266 g/mol. The van der Waals surface area contributed by atoms with Crippen molar-refractivity contribution in [3.63, 3.8) is 0 Å². The van der Waals surface area contributed by atoms with Crippen molar-refractivity contribution < 1.29 is 5.11 Å². The molecular formula is C12H22N6O. The molecule has 2 unspecified atom stereocenters. The number of anilines is 3. The van der Waals surface area contributed by atoms with Crippen LogP contribution in [0.5, 0.6) is 0 Å². The third kappa shape index (κ3) is 2.70. The number of nitrogens with zero attached hydrogens (tertiary/aromatic N) is 5. The normalized spacial score (nSPS) is 22.7. The van der Waals surface area contributed by atoms with Gasteiger partial charge in [0.25, 0.3) is 0 Å². The van der Waals surface area contributed by atoms with E-state index in [-0.39, 0.29) is 12.6 Å². The van der Waals surface area contributed by atoms with E-state index in [2.05, 4.69) is 32.1 Å². The molecule has 1 fully saturated rings. The van der Waals surface area contributed by atoms with Crippen molar-refractivity contribution in [2.45, 2.75) is 19.4 Å². The van der Waals surface area contributed by atoms with Gasteiger partial charge in [-0.1, -0.05) is 6.92 Å². The van der Waals surface area contributed by atoms with E-state index in [1.54, 1.807) is 7.05 Å². The number of hydrogen-bond acceptors (Lipinski definition) is 7. The van der Waals surface area contributed by atoms with Crippen molar-refractivity contribution in [3.05, 3.63) is 0 Å². The minimum absolute atomic E-state index is 0.0853. The fraction of sp³-hybridized carbons (Fsp3) is 0.750. The largest absolute Gasteiger partial charge is 0.394 e. The van der Waals surface area contributed by atoms with Crippen LogP contribution in [-0.4, -0.2) is 60.4 Å². The highest BCUT2D eigenvalue weighted by atomic mass is 16.3. The Kier molecular flexibility index (Phi) is 4.04. The number of aliphatic hydroxyl groups excluding tert-OH is 1. The Bertz CT molecular complexity index is 438. The summed E-state index contributed by atoms with van der Waals surface area (Å²) in [6.07, 6.45) is 1.04. The highest BCUT2D eigenvalue weighted by molar-refractivity contribution is 5.45. The van der Waals surface area contributed by atoms with Crippen LogP contribution in [0.1, 0.15) is 13.3 Å². The second-order valence-electron chi connectivity index (χ2n) is 5.11. The maximum atomic E-state index is 9.53. The monoisotopic (exact) mass is 266 g/mol. The summed E-state index contributed by atoms with van der Waals surface area (Å²) in [5, 5.41) is 12.5. The lowest BCUT2D eigenvalue weighted by Gasteiger charge is -2.26. The Morgan fingerprint density at radius 3 is 2.68 bits per heavy atom. The molecule has 0 bridgehead atoms. The second kappa shape index (κ2) is 5.56. The highest BCUT2D eigenvalue weighted by Crippen LogP contribution is 2.28. The van der Waals surface area contributed by atoms with Crippen LogP contribution >= 0.6 is 0 Å². The summed E-state index contributed by atoms with van der Waals surface area (Å²) in [5.74, 6) is 2.24. The Labute approximate surface area is 113 Å². The summed E-state index contributed by atoms with van der Waals surface area (Å²) in [6, 6.07) is 0.0853. The zero-order valence-electron chi connectivity index (χ0n) is 12.0. The Morgan fingerprint density at radius 1 is 1.37 bits per heavy atom. The van der Waals surface area contributed by atoms with Crippen LogP contribution in [0.4, 0.5) is 17.8 Å². The number of aromatic nitrogens is 3. The molecule has 0 amide bonds. The van der Waals surface area contributed by atoms with Gasteiger partial charge in [0.2, 0.25) is 17.8 Å². The van der Waals surface area contributed by atoms with E-state index < -0.39 is 0 Å². The molecule has 7 nitrogen and oxygen atoms in total. The molecule has 19 heavy (non-hydrogen) atoms. The first-order valence-corrected chi connectivity index (χ1v) is 6.55. The maximum Gasteiger partial charge on any atom is 0.232 e. The molecule has 2 N–H and O–H groups in total. The van der Waals surface area contributed by atoms with Crippen LogP contribution in [0.2, 0.25) is 0 Å².